The Hall–Kier alpha value is -2.05. The van der Waals surface area contributed by atoms with E-state index >= 15 is 0 Å². The Bertz CT molecular complexity index is 872. The van der Waals surface area contributed by atoms with Gasteiger partial charge in [0.25, 0.3) is 5.91 Å². The van der Waals surface area contributed by atoms with Crippen LogP contribution in [0.25, 0.3) is 0 Å². The van der Waals surface area contributed by atoms with Crippen LogP contribution >= 0.6 is 11.6 Å². The summed E-state index contributed by atoms with van der Waals surface area (Å²) in [7, 11) is 2.01. The number of likely N-dealkylation sites (tertiary alicyclic amines) is 1. The topological polar surface area (TPSA) is 32.3 Å². The molecule has 1 heterocycles. The summed E-state index contributed by atoms with van der Waals surface area (Å²) in [6, 6.07) is 12.5. The summed E-state index contributed by atoms with van der Waals surface area (Å²) in [5.74, 6) is -0.616. The van der Waals surface area contributed by atoms with Crippen molar-refractivity contribution < 1.29 is 18.0 Å². The number of nitrogens with zero attached hydrogens (tertiary/aromatic N) is 1. The second kappa shape index (κ2) is 8.36. The molecule has 1 amide bonds. The number of halogens is 4. The van der Waals surface area contributed by atoms with Crippen molar-refractivity contribution in [2.24, 2.45) is 0 Å². The van der Waals surface area contributed by atoms with Gasteiger partial charge in [0.05, 0.1) is 22.2 Å². The maximum Gasteiger partial charge on any atom is 0.417 e. The fourth-order valence-electron chi connectivity index (χ4n) is 4.02. The van der Waals surface area contributed by atoms with E-state index in [0.29, 0.717) is 0 Å². The van der Waals surface area contributed by atoms with E-state index in [1.807, 2.05) is 37.4 Å². The third kappa shape index (κ3) is 4.43. The molecule has 3 rings (SSSR count). The second-order valence-corrected chi connectivity index (χ2v) is 8.10. The van der Waals surface area contributed by atoms with Crippen molar-refractivity contribution >= 4 is 17.5 Å². The van der Waals surface area contributed by atoms with E-state index in [0.717, 1.165) is 37.4 Å². The zero-order chi connectivity index (χ0) is 21.2. The maximum absolute atomic E-state index is 13.2. The lowest BCUT2D eigenvalue weighted by Gasteiger charge is -2.48. The van der Waals surface area contributed by atoms with Crippen molar-refractivity contribution in [2.45, 2.75) is 43.9 Å². The van der Waals surface area contributed by atoms with Crippen LogP contribution in [0.5, 0.6) is 0 Å². The standard InChI is InChI=1S/C22H24ClF3N2O/c1-21(13-6-7-14-28(21)2)19(15-9-4-3-5-10-15)27-20(29)16-11-8-12-17(18(16)23)22(24,25)26/h3-5,8-12,19H,6-7,13-14H2,1-2H3,(H,27,29). The summed E-state index contributed by atoms with van der Waals surface area (Å²) in [6.07, 6.45) is -1.67. The third-order valence-corrected chi connectivity index (χ3v) is 6.28. The van der Waals surface area contributed by atoms with Crippen LogP contribution in [0.2, 0.25) is 5.02 Å². The molecule has 0 saturated carbocycles. The first-order chi connectivity index (χ1) is 13.6. The number of hydrogen-bond donors (Lipinski definition) is 1. The van der Waals surface area contributed by atoms with Gasteiger partial charge in [-0.15, -0.1) is 0 Å². The molecule has 2 unspecified atom stereocenters. The molecule has 0 radical (unpaired) electrons. The fourth-order valence-corrected chi connectivity index (χ4v) is 4.34. The molecule has 0 bridgehead atoms. The van der Waals surface area contributed by atoms with Gasteiger partial charge < -0.3 is 5.32 Å². The van der Waals surface area contributed by atoms with Crippen LogP contribution in [0, 0.1) is 0 Å². The van der Waals surface area contributed by atoms with Crippen LogP contribution in [-0.4, -0.2) is 29.9 Å². The highest BCUT2D eigenvalue weighted by Gasteiger charge is 2.42. The molecule has 0 aromatic heterocycles. The number of nitrogens with one attached hydrogen (secondary N) is 1. The molecule has 1 fully saturated rings. The average Bonchev–Trinajstić information content (AvgIpc) is 2.68. The van der Waals surface area contributed by atoms with Crippen molar-refractivity contribution in [3.05, 3.63) is 70.2 Å². The summed E-state index contributed by atoms with van der Waals surface area (Å²) >= 11 is 5.98. The number of hydrogen-bond acceptors (Lipinski definition) is 2. The molecule has 1 aliphatic heterocycles. The zero-order valence-electron chi connectivity index (χ0n) is 16.4. The Balaban J connectivity index is 1.98. The third-order valence-electron chi connectivity index (χ3n) is 5.88. The van der Waals surface area contributed by atoms with Crippen molar-refractivity contribution in [2.75, 3.05) is 13.6 Å². The molecule has 156 valence electrons. The Labute approximate surface area is 173 Å². The van der Waals surface area contributed by atoms with E-state index in [1.165, 1.54) is 12.1 Å². The first-order valence-corrected chi connectivity index (χ1v) is 9.95. The van der Waals surface area contributed by atoms with E-state index in [-0.39, 0.29) is 11.1 Å². The Morgan fingerprint density at radius 2 is 1.83 bits per heavy atom. The SMILES string of the molecule is CN1CCCCC1(C)C(NC(=O)c1cccc(C(F)(F)F)c1Cl)c1ccccc1. The summed E-state index contributed by atoms with van der Waals surface area (Å²) in [5, 5.41) is 2.40. The highest BCUT2D eigenvalue weighted by molar-refractivity contribution is 6.34. The lowest BCUT2D eigenvalue weighted by molar-refractivity contribution is -0.137. The van der Waals surface area contributed by atoms with Gasteiger partial charge in [-0.2, -0.15) is 13.2 Å². The summed E-state index contributed by atoms with van der Waals surface area (Å²) in [5.41, 5.74) is -0.655. The molecule has 2 aromatic rings. The second-order valence-electron chi connectivity index (χ2n) is 7.72. The highest BCUT2D eigenvalue weighted by atomic mass is 35.5. The van der Waals surface area contributed by atoms with E-state index < -0.39 is 28.7 Å². The van der Waals surface area contributed by atoms with Crippen LogP contribution < -0.4 is 5.32 Å². The molecule has 0 spiro atoms. The van der Waals surface area contributed by atoms with Gasteiger partial charge in [-0.05, 0) is 51.1 Å². The van der Waals surface area contributed by atoms with E-state index in [4.69, 9.17) is 11.6 Å². The average molecular weight is 425 g/mol. The van der Waals surface area contributed by atoms with Gasteiger partial charge >= 0.3 is 6.18 Å². The minimum absolute atomic E-state index is 0.176. The molecule has 2 aromatic carbocycles. The van der Waals surface area contributed by atoms with E-state index in [2.05, 4.69) is 17.1 Å². The number of carbonyl (C=O) groups excluding carboxylic acids is 1. The lowest BCUT2D eigenvalue weighted by atomic mass is 9.79. The molecule has 7 heteroatoms. The quantitative estimate of drug-likeness (QED) is 0.682. The molecular formula is C22H24ClF3N2O. The number of likely N-dealkylation sites (N-methyl/N-ethyl adjacent to an activating group) is 1. The zero-order valence-corrected chi connectivity index (χ0v) is 17.1. The molecule has 2 atom stereocenters. The van der Waals surface area contributed by atoms with E-state index in [9.17, 15) is 18.0 Å². The molecule has 29 heavy (non-hydrogen) atoms. The Morgan fingerprint density at radius 3 is 2.45 bits per heavy atom. The smallest absolute Gasteiger partial charge is 0.343 e. The van der Waals surface area contributed by atoms with Gasteiger partial charge in [0.1, 0.15) is 0 Å². The van der Waals surface area contributed by atoms with Crippen molar-refractivity contribution in [3.63, 3.8) is 0 Å². The van der Waals surface area contributed by atoms with Crippen molar-refractivity contribution in [1.29, 1.82) is 0 Å². The molecule has 1 N–H and O–H groups in total. The number of amides is 1. The molecular weight excluding hydrogens is 401 g/mol. The van der Waals surface area contributed by atoms with Crippen LogP contribution in [0.15, 0.2) is 48.5 Å². The van der Waals surface area contributed by atoms with Gasteiger partial charge in [-0.1, -0.05) is 54.4 Å². The van der Waals surface area contributed by atoms with Gasteiger partial charge in [-0.25, -0.2) is 0 Å². The highest BCUT2D eigenvalue weighted by Crippen LogP contribution is 2.39. The fraction of sp³-hybridized carbons (Fsp3) is 0.409. The largest absolute Gasteiger partial charge is 0.417 e. The first kappa shape index (κ1) is 21.7. The minimum atomic E-state index is -4.62. The minimum Gasteiger partial charge on any atom is -0.343 e. The van der Waals surface area contributed by atoms with Gasteiger partial charge in [-0.3, -0.25) is 9.69 Å². The van der Waals surface area contributed by atoms with Crippen LogP contribution in [-0.2, 0) is 6.18 Å². The first-order valence-electron chi connectivity index (χ1n) is 9.57. The molecule has 0 aliphatic carbocycles. The number of rotatable bonds is 4. The Morgan fingerprint density at radius 1 is 1.14 bits per heavy atom. The van der Waals surface area contributed by atoms with Gasteiger partial charge in [0.2, 0.25) is 0 Å². The maximum atomic E-state index is 13.2. The molecule has 1 saturated heterocycles. The normalized spacial score (nSPS) is 21.6. The number of carbonyl (C=O) groups is 1. The van der Waals surface area contributed by atoms with Crippen molar-refractivity contribution in [1.82, 2.24) is 10.2 Å². The number of alkyl halides is 3. The van der Waals surface area contributed by atoms with Crippen LogP contribution in [0.3, 0.4) is 0 Å². The Kier molecular flexibility index (Phi) is 6.24. The predicted molar refractivity (Wildman–Crippen MR) is 108 cm³/mol. The summed E-state index contributed by atoms with van der Waals surface area (Å²) < 4.78 is 39.6. The van der Waals surface area contributed by atoms with Crippen LogP contribution in [0.1, 0.15) is 53.7 Å². The number of benzene rings is 2. The van der Waals surface area contributed by atoms with Crippen LogP contribution in [0.4, 0.5) is 13.2 Å². The van der Waals surface area contributed by atoms with E-state index in [1.54, 1.807) is 0 Å². The lowest BCUT2D eigenvalue weighted by Crippen LogP contribution is -2.56. The molecule has 1 aliphatic rings. The van der Waals surface area contributed by atoms with Crippen molar-refractivity contribution in [3.8, 4) is 0 Å². The van der Waals surface area contributed by atoms with Gasteiger partial charge in [0, 0.05) is 5.54 Å². The molecule has 3 nitrogen and oxygen atoms in total. The summed E-state index contributed by atoms with van der Waals surface area (Å²) in [4.78, 5) is 15.2. The monoisotopic (exact) mass is 424 g/mol. The predicted octanol–water partition coefficient (Wildman–Crippen LogP) is 5.70. The van der Waals surface area contributed by atoms with Gasteiger partial charge in [0.15, 0.2) is 0 Å². The summed E-state index contributed by atoms with van der Waals surface area (Å²) in [6.45, 7) is 2.97. The number of piperidine rings is 1.